The fraction of sp³-hybridized carbons (Fsp3) is 0.914. The van der Waals surface area contributed by atoms with Crippen molar-refractivity contribution < 1.29 is 32.9 Å². The molecule has 0 aliphatic carbocycles. The molecule has 3 atom stereocenters. The highest BCUT2D eigenvalue weighted by Gasteiger charge is 2.27. The number of nitrogens with one attached hydrogen (secondary N) is 1. The normalized spacial score (nSPS) is 15.0. The first-order chi connectivity index (χ1) is 21.0. The molecule has 1 unspecified atom stereocenters. The first-order valence-electron chi connectivity index (χ1n) is 18.1. The molecule has 0 saturated heterocycles. The van der Waals surface area contributed by atoms with Crippen LogP contribution >= 0.6 is 7.82 Å². The molecule has 44 heavy (non-hydrogen) atoms. The SMILES string of the molecule is CCCCCCCCCCCCC/C=C\[C@@H](O)[C@H](COP(=O)(O)OCC[N+](C)(C)C)NC(=O)CCCCCCCCCCC. The van der Waals surface area contributed by atoms with Crippen molar-refractivity contribution in [3.05, 3.63) is 12.2 Å². The van der Waals surface area contributed by atoms with Gasteiger partial charge in [-0.3, -0.25) is 13.8 Å². The topological polar surface area (TPSA) is 105 Å². The summed E-state index contributed by atoms with van der Waals surface area (Å²) in [6.07, 6.45) is 28.4. The monoisotopic (exact) mass is 648 g/mol. The molecule has 0 saturated carbocycles. The number of nitrogens with zero attached hydrogens (tertiary/aromatic N) is 1. The quantitative estimate of drug-likeness (QED) is 0.0292. The molecule has 9 heteroatoms. The first kappa shape index (κ1) is 43.2. The van der Waals surface area contributed by atoms with Crippen LogP contribution in [0.3, 0.4) is 0 Å². The van der Waals surface area contributed by atoms with Gasteiger partial charge >= 0.3 is 7.82 Å². The van der Waals surface area contributed by atoms with Gasteiger partial charge in [-0.1, -0.05) is 142 Å². The van der Waals surface area contributed by atoms with Gasteiger partial charge in [0.25, 0.3) is 0 Å². The molecule has 0 rings (SSSR count). The summed E-state index contributed by atoms with van der Waals surface area (Å²) in [6, 6.07) is -0.836. The van der Waals surface area contributed by atoms with E-state index in [1.807, 2.05) is 27.2 Å². The maximum atomic E-state index is 12.7. The highest BCUT2D eigenvalue weighted by Crippen LogP contribution is 2.43. The molecule has 0 aromatic heterocycles. The molecule has 0 spiro atoms. The van der Waals surface area contributed by atoms with E-state index >= 15 is 0 Å². The lowest BCUT2D eigenvalue weighted by Gasteiger charge is -2.25. The maximum Gasteiger partial charge on any atom is 0.472 e. The Morgan fingerprint density at radius 1 is 0.750 bits per heavy atom. The smallest absolute Gasteiger partial charge is 0.387 e. The number of amides is 1. The van der Waals surface area contributed by atoms with Crippen LogP contribution in [0.25, 0.3) is 0 Å². The molecule has 0 aliphatic rings. The molecular formula is C35H72N2O6P+. The van der Waals surface area contributed by atoms with Gasteiger partial charge < -0.3 is 19.8 Å². The molecule has 0 fully saturated rings. The third-order valence-electron chi connectivity index (χ3n) is 8.01. The number of unbranched alkanes of at least 4 members (excludes halogenated alkanes) is 19. The predicted octanol–water partition coefficient (Wildman–Crippen LogP) is 8.85. The number of phosphoric acid groups is 1. The molecule has 0 aromatic carbocycles. The second kappa shape index (κ2) is 28.5. The van der Waals surface area contributed by atoms with E-state index in [-0.39, 0.29) is 19.1 Å². The van der Waals surface area contributed by atoms with E-state index < -0.39 is 20.0 Å². The molecule has 1 amide bonds. The minimum absolute atomic E-state index is 0.0638. The van der Waals surface area contributed by atoms with Crippen LogP contribution in [-0.2, 0) is 18.4 Å². The Morgan fingerprint density at radius 3 is 1.68 bits per heavy atom. The summed E-state index contributed by atoms with van der Waals surface area (Å²) in [7, 11) is 1.57. The van der Waals surface area contributed by atoms with E-state index in [4.69, 9.17) is 9.05 Å². The predicted molar refractivity (Wildman–Crippen MR) is 185 cm³/mol. The van der Waals surface area contributed by atoms with Crippen LogP contribution in [-0.4, -0.2) is 73.4 Å². The van der Waals surface area contributed by atoms with Gasteiger partial charge in [0.2, 0.25) is 5.91 Å². The molecule has 3 N–H and O–H groups in total. The van der Waals surface area contributed by atoms with E-state index in [2.05, 4.69) is 19.2 Å². The number of phosphoric ester groups is 1. The number of hydrogen-bond acceptors (Lipinski definition) is 5. The van der Waals surface area contributed by atoms with Gasteiger partial charge in [-0.25, -0.2) is 4.57 Å². The zero-order valence-electron chi connectivity index (χ0n) is 29.4. The lowest BCUT2D eigenvalue weighted by Crippen LogP contribution is -2.45. The summed E-state index contributed by atoms with van der Waals surface area (Å²) in [4.78, 5) is 22.9. The zero-order chi connectivity index (χ0) is 32.9. The Kier molecular flexibility index (Phi) is 28.0. The van der Waals surface area contributed by atoms with Gasteiger partial charge in [0.05, 0.1) is 39.9 Å². The molecule has 0 radical (unpaired) electrons. The lowest BCUT2D eigenvalue weighted by molar-refractivity contribution is -0.870. The van der Waals surface area contributed by atoms with Crippen LogP contribution in [0.4, 0.5) is 0 Å². The number of likely N-dealkylation sites (N-methyl/N-ethyl adjacent to an activating group) is 1. The molecule has 8 nitrogen and oxygen atoms in total. The van der Waals surface area contributed by atoms with Crippen molar-refractivity contribution in [2.24, 2.45) is 0 Å². The Bertz CT molecular complexity index is 743. The number of rotatable bonds is 32. The molecule has 0 bridgehead atoms. The highest BCUT2D eigenvalue weighted by atomic mass is 31.2. The number of allylic oxidation sites excluding steroid dienone is 1. The third-order valence-corrected chi connectivity index (χ3v) is 8.99. The van der Waals surface area contributed by atoms with Crippen LogP contribution in [0.15, 0.2) is 12.2 Å². The molecule has 0 aliphatic heterocycles. The Morgan fingerprint density at radius 2 is 1.20 bits per heavy atom. The van der Waals surface area contributed by atoms with E-state index in [9.17, 15) is 19.4 Å². The van der Waals surface area contributed by atoms with Crippen molar-refractivity contribution in [2.75, 3.05) is 40.9 Å². The zero-order valence-corrected chi connectivity index (χ0v) is 30.3. The van der Waals surface area contributed by atoms with E-state index in [0.29, 0.717) is 17.4 Å². The van der Waals surface area contributed by atoms with E-state index in [1.165, 1.54) is 96.3 Å². The summed E-state index contributed by atoms with van der Waals surface area (Å²) in [5.41, 5.74) is 0. The second-order valence-corrected chi connectivity index (χ2v) is 15.1. The Balaban J connectivity index is 4.57. The summed E-state index contributed by atoms with van der Waals surface area (Å²) in [6.45, 7) is 4.76. The average molecular weight is 648 g/mol. The number of hydrogen-bond donors (Lipinski definition) is 3. The van der Waals surface area contributed by atoms with Crippen LogP contribution in [0.5, 0.6) is 0 Å². The highest BCUT2D eigenvalue weighted by molar-refractivity contribution is 7.47. The van der Waals surface area contributed by atoms with Crippen molar-refractivity contribution in [1.82, 2.24) is 5.32 Å². The number of carbonyl (C=O) groups is 1. The summed E-state index contributed by atoms with van der Waals surface area (Å²) < 4.78 is 23.4. The number of aliphatic hydroxyl groups is 1. The minimum Gasteiger partial charge on any atom is -0.387 e. The minimum atomic E-state index is -4.32. The maximum absolute atomic E-state index is 12.7. The summed E-state index contributed by atoms with van der Waals surface area (Å²) in [5.74, 6) is -0.182. The first-order valence-corrected chi connectivity index (χ1v) is 19.6. The number of quaternary nitrogens is 1. The Hall–Kier alpha value is -0.760. The number of carbonyl (C=O) groups excluding carboxylic acids is 1. The van der Waals surface area contributed by atoms with Gasteiger partial charge in [-0.05, 0) is 19.3 Å². The van der Waals surface area contributed by atoms with E-state index in [0.717, 1.165) is 38.5 Å². The fourth-order valence-corrected chi connectivity index (χ4v) is 5.77. The third kappa shape index (κ3) is 29.9. The van der Waals surface area contributed by atoms with Crippen LogP contribution in [0, 0.1) is 0 Å². The molecular weight excluding hydrogens is 575 g/mol. The van der Waals surface area contributed by atoms with Crippen molar-refractivity contribution in [2.45, 2.75) is 167 Å². The van der Waals surface area contributed by atoms with Crippen molar-refractivity contribution in [3.63, 3.8) is 0 Å². The van der Waals surface area contributed by atoms with Crippen molar-refractivity contribution >= 4 is 13.7 Å². The van der Waals surface area contributed by atoms with Gasteiger partial charge in [0.1, 0.15) is 13.2 Å². The average Bonchev–Trinajstić information content (AvgIpc) is 2.95. The van der Waals surface area contributed by atoms with Crippen LogP contribution in [0.2, 0.25) is 0 Å². The van der Waals surface area contributed by atoms with Crippen LogP contribution < -0.4 is 5.32 Å². The van der Waals surface area contributed by atoms with Gasteiger partial charge in [0.15, 0.2) is 0 Å². The van der Waals surface area contributed by atoms with Crippen molar-refractivity contribution in [3.8, 4) is 0 Å². The van der Waals surface area contributed by atoms with Gasteiger partial charge in [-0.15, -0.1) is 0 Å². The lowest BCUT2D eigenvalue weighted by atomic mass is 10.0. The van der Waals surface area contributed by atoms with Gasteiger partial charge in [0, 0.05) is 6.42 Å². The van der Waals surface area contributed by atoms with Crippen LogP contribution in [0.1, 0.15) is 155 Å². The van der Waals surface area contributed by atoms with E-state index in [1.54, 1.807) is 6.08 Å². The van der Waals surface area contributed by atoms with Gasteiger partial charge in [-0.2, -0.15) is 0 Å². The summed E-state index contributed by atoms with van der Waals surface area (Å²) in [5, 5.41) is 13.7. The Labute approximate surface area is 272 Å². The molecule has 262 valence electrons. The largest absolute Gasteiger partial charge is 0.472 e. The standard InChI is InChI=1S/C35H71N2O6P/c1-6-8-10-12-14-16-17-18-19-21-22-24-26-28-34(38)33(32-43-44(40,41)42-31-30-37(3,4)5)36-35(39)29-27-25-23-20-15-13-11-9-7-2/h26,28,33-34,38H,6-25,27,29-32H2,1-5H3,(H-,36,39,40,41)/p+1/b28-26-/t33-,34+/m0/s1. The fourth-order valence-electron chi connectivity index (χ4n) is 5.04. The van der Waals surface area contributed by atoms with Crippen molar-refractivity contribution in [1.29, 1.82) is 0 Å². The summed E-state index contributed by atoms with van der Waals surface area (Å²) >= 11 is 0. The molecule has 0 aromatic rings. The second-order valence-electron chi connectivity index (χ2n) is 13.6. The molecule has 0 heterocycles. The number of aliphatic hydroxyl groups excluding tert-OH is 1.